The standard InChI is InChI=1S/C17H17N3O4S.C17H18N2O4S/c1-10-13(9-25-14(10)16(22)23)20-7-6-19(17(20)24)8-11-2-4-12(5-3-11)15(18)21;1-12-11-14(24-15(12)16(20)21)19-8-7-18(17(19)22)9-10-23-13-5-3-2-4-6-13/h2-5,9H,6-8H2,1H3,(H2,18,21)(H,22,23);2-6,11H,7-10H2,1H3,(H,20,21). The molecule has 0 radical (unpaired) electrons. The molecular weight excluding hydrogens is 671 g/mol. The largest absolute Gasteiger partial charge is 0.492 e. The maximum atomic E-state index is 12.7. The molecule has 2 aromatic heterocycles. The molecule has 0 spiro atoms. The van der Waals surface area contributed by atoms with Gasteiger partial charge in [-0.1, -0.05) is 30.3 Å². The molecule has 4 heterocycles. The van der Waals surface area contributed by atoms with Gasteiger partial charge in [0.2, 0.25) is 5.91 Å². The number of carbonyl (C=O) groups is 5. The Labute approximate surface area is 290 Å². The summed E-state index contributed by atoms with van der Waals surface area (Å²) in [5, 5.41) is 20.7. The highest BCUT2D eigenvalue weighted by Crippen LogP contribution is 2.33. The summed E-state index contributed by atoms with van der Waals surface area (Å²) < 4.78 is 5.62. The summed E-state index contributed by atoms with van der Waals surface area (Å²) in [7, 11) is 0. The third-order valence-electron chi connectivity index (χ3n) is 8.04. The zero-order chi connectivity index (χ0) is 35.2. The van der Waals surface area contributed by atoms with Crippen LogP contribution in [-0.2, 0) is 6.54 Å². The predicted octanol–water partition coefficient (Wildman–Crippen LogP) is 5.37. The third kappa shape index (κ3) is 8.01. The second-order valence-corrected chi connectivity index (χ2v) is 13.2. The first-order valence-electron chi connectivity index (χ1n) is 15.3. The number of ether oxygens (including phenoxy) is 1. The molecule has 0 saturated carbocycles. The lowest BCUT2D eigenvalue weighted by atomic mass is 10.1. The molecule has 2 aliphatic rings. The van der Waals surface area contributed by atoms with Gasteiger partial charge in [-0.3, -0.25) is 14.6 Å². The van der Waals surface area contributed by atoms with Gasteiger partial charge >= 0.3 is 24.0 Å². The number of thiophene rings is 2. The van der Waals surface area contributed by atoms with Crippen LogP contribution in [0.3, 0.4) is 0 Å². The molecule has 0 bridgehead atoms. The van der Waals surface area contributed by atoms with Crippen LogP contribution in [0.5, 0.6) is 5.75 Å². The molecule has 13 nitrogen and oxygen atoms in total. The van der Waals surface area contributed by atoms with Gasteiger partial charge in [0.1, 0.15) is 27.1 Å². The second kappa shape index (κ2) is 15.2. The molecule has 4 aromatic rings. The van der Waals surface area contributed by atoms with Gasteiger partial charge in [0.15, 0.2) is 0 Å². The molecule has 2 saturated heterocycles. The van der Waals surface area contributed by atoms with Crippen LogP contribution >= 0.6 is 22.7 Å². The Bertz CT molecular complexity index is 1860. The van der Waals surface area contributed by atoms with Crippen molar-refractivity contribution in [3.63, 3.8) is 0 Å². The first-order chi connectivity index (χ1) is 23.4. The summed E-state index contributed by atoms with van der Waals surface area (Å²) in [5.74, 6) is -1.64. The lowest BCUT2D eigenvalue weighted by Crippen LogP contribution is -2.34. The molecule has 5 amide bonds. The van der Waals surface area contributed by atoms with E-state index in [1.54, 1.807) is 69.2 Å². The number of urea groups is 2. The summed E-state index contributed by atoms with van der Waals surface area (Å²) in [5.41, 5.74) is 8.48. The highest BCUT2D eigenvalue weighted by Gasteiger charge is 2.33. The van der Waals surface area contributed by atoms with Gasteiger partial charge in [-0.15, -0.1) is 22.7 Å². The second-order valence-electron chi connectivity index (χ2n) is 11.3. The number of hydrogen-bond acceptors (Lipinski definition) is 8. The maximum Gasteiger partial charge on any atom is 0.346 e. The minimum atomic E-state index is -0.980. The van der Waals surface area contributed by atoms with Crippen molar-refractivity contribution in [2.24, 2.45) is 5.73 Å². The van der Waals surface area contributed by atoms with Crippen LogP contribution in [0.2, 0.25) is 0 Å². The van der Waals surface area contributed by atoms with Gasteiger partial charge in [-0.05, 0) is 60.9 Å². The SMILES string of the molecule is Cc1c(N2CCN(Cc3ccc(C(N)=O)cc3)C2=O)csc1C(=O)O.Cc1cc(N2CCN(CCOc3ccccc3)C2=O)sc1C(=O)O. The van der Waals surface area contributed by atoms with Crippen molar-refractivity contribution in [3.8, 4) is 5.75 Å². The number of carbonyl (C=O) groups excluding carboxylic acids is 3. The number of nitrogens with zero attached hydrogens (tertiary/aromatic N) is 4. The Morgan fingerprint density at radius 1 is 0.837 bits per heavy atom. The smallest absolute Gasteiger partial charge is 0.346 e. The van der Waals surface area contributed by atoms with E-state index in [2.05, 4.69) is 0 Å². The molecule has 0 aliphatic carbocycles. The number of benzene rings is 2. The van der Waals surface area contributed by atoms with E-state index in [1.807, 2.05) is 30.3 Å². The Morgan fingerprint density at radius 3 is 2.08 bits per heavy atom. The predicted molar refractivity (Wildman–Crippen MR) is 186 cm³/mol. The molecular formula is C34H35N5O8S2. The van der Waals surface area contributed by atoms with E-state index in [4.69, 9.17) is 20.7 Å². The number of hydrogen-bond donors (Lipinski definition) is 3. The minimum absolute atomic E-state index is 0.107. The molecule has 2 aliphatic heterocycles. The number of aryl methyl sites for hydroxylation is 1. The van der Waals surface area contributed by atoms with Crippen molar-refractivity contribution in [1.82, 2.24) is 9.80 Å². The number of carboxylic acids is 2. The van der Waals surface area contributed by atoms with Crippen LogP contribution in [0.4, 0.5) is 20.3 Å². The molecule has 6 rings (SSSR count). The van der Waals surface area contributed by atoms with Crippen LogP contribution in [0.15, 0.2) is 66.0 Å². The molecule has 49 heavy (non-hydrogen) atoms. The fraction of sp³-hybridized carbons (Fsp3) is 0.265. The van der Waals surface area contributed by atoms with Crippen LogP contribution < -0.4 is 20.3 Å². The van der Waals surface area contributed by atoms with Crippen LogP contribution in [-0.4, -0.2) is 89.3 Å². The number of amides is 5. The van der Waals surface area contributed by atoms with Gasteiger partial charge in [0.25, 0.3) is 0 Å². The van der Waals surface area contributed by atoms with Crippen molar-refractivity contribution in [3.05, 3.63) is 98.1 Å². The molecule has 15 heteroatoms. The van der Waals surface area contributed by atoms with Crippen molar-refractivity contribution < 1.29 is 38.9 Å². The Hall–Kier alpha value is -5.41. The van der Waals surface area contributed by atoms with E-state index in [-0.39, 0.29) is 21.8 Å². The highest BCUT2D eigenvalue weighted by atomic mass is 32.1. The fourth-order valence-electron chi connectivity index (χ4n) is 5.43. The Kier molecular flexibility index (Phi) is 10.8. The number of para-hydroxylation sites is 1. The summed E-state index contributed by atoms with van der Waals surface area (Å²) in [6.45, 7) is 7.03. The topological polar surface area (TPSA) is 174 Å². The number of primary amides is 1. The summed E-state index contributed by atoms with van der Waals surface area (Å²) in [4.78, 5) is 65.8. The van der Waals surface area contributed by atoms with E-state index in [0.717, 1.165) is 34.0 Å². The number of nitrogens with two attached hydrogens (primary N) is 1. The molecule has 2 fully saturated rings. The van der Waals surface area contributed by atoms with E-state index in [1.165, 1.54) is 0 Å². The first-order valence-corrected chi connectivity index (χ1v) is 17.0. The Morgan fingerprint density at radius 2 is 1.47 bits per heavy atom. The maximum absolute atomic E-state index is 12.7. The van der Waals surface area contributed by atoms with Crippen molar-refractivity contribution in [1.29, 1.82) is 0 Å². The zero-order valence-corrected chi connectivity index (χ0v) is 28.5. The molecule has 0 atom stereocenters. The number of aromatic carboxylic acids is 2. The van der Waals surface area contributed by atoms with Crippen LogP contribution in [0, 0.1) is 13.8 Å². The number of rotatable bonds is 11. The third-order valence-corrected chi connectivity index (χ3v) is 10.3. The van der Waals surface area contributed by atoms with Crippen molar-refractivity contribution >= 4 is 63.3 Å². The van der Waals surface area contributed by atoms with Gasteiger partial charge in [0, 0.05) is 43.7 Å². The molecule has 0 unspecified atom stereocenters. The van der Waals surface area contributed by atoms with Crippen LogP contribution in [0.1, 0.15) is 46.4 Å². The van der Waals surface area contributed by atoms with E-state index < -0.39 is 17.8 Å². The summed E-state index contributed by atoms with van der Waals surface area (Å²) in [6.07, 6.45) is 0. The summed E-state index contributed by atoms with van der Waals surface area (Å²) in [6, 6.07) is 17.8. The highest BCUT2D eigenvalue weighted by molar-refractivity contribution is 7.18. The molecule has 2 aromatic carbocycles. The minimum Gasteiger partial charge on any atom is -0.492 e. The van der Waals surface area contributed by atoms with Gasteiger partial charge in [0.05, 0.1) is 12.2 Å². The quantitative estimate of drug-likeness (QED) is 0.187. The first kappa shape index (κ1) is 34.9. The lowest BCUT2D eigenvalue weighted by molar-refractivity contribution is 0.0690. The van der Waals surface area contributed by atoms with Gasteiger partial charge in [-0.25, -0.2) is 19.2 Å². The number of anilines is 2. The van der Waals surface area contributed by atoms with Crippen molar-refractivity contribution in [2.75, 3.05) is 49.1 Å². The van der Waals surface area contributed by atoms with Crippen molar-refractivity contribution in [2.45, 2.75) is 20.4 Å². The fourth-order valence-corrected chi connectivity index (χ4v) is 7.38. The van der Waals surface area contributed by atoms with Gasteiger partial charge < -0.3 is 30.5 Å². The average molecular weight is 706 g/mol. The van der Waals surface area contributed by atoms with E-state index >= 15 is 0 Å². The Balaban J connectivity index is 0.000000191. The molecule has 4 N–H and O–H groups in total. The summed E-state index contributed by atoms with van der Waals surface area (Å²) >= 11 is 2.27. The van der Waals surface area contributed by atoms with E-state index in [9.17, 15) is 24.0 Å². The number of carboxylic acid groups (broad SMARTS) is 2. The monoisotopic (exact) mass is 705 g/mol. The lowest BCUT2D eigenvalue weighted by Gasteiger charge is -2.19. The normalized spacial score (nSPS) is 14.2. The van der Waals surface area contributed by atoms with E-state index in [0.29, 0.717) is 73.3 Å². The average Bonchev–Trinajstić information content (AvgIpc) is 3.84. The van der Waals surface area contributed by atoms with Crippen LogP contribution in [0.25, 0.3) is 0 Å². The zero-order valence-electron chi connectivity index (χ0n) is 26.8. The molecule has 256 valence electrons. The van der Waals surface area contributed by atoms with Gasteiger partial charge in [-0.2, -0.15) is 0 Å².